The standard InChI is InChI=1S/C17H22N2O4S/c20-15(19-11-4-7-14(19)16(21)22)9-12-24-17(23)18-10-8-13-5-2-1-3-6-13/h1-3,5-6,14H,4,7-12H2,(H,18,23)(H,21,22)/t14-/m0/s1. The molecule has 2 amide bonds. The summed E-state index contributed by atoms with van der Waals surface area (Å²) in [6, 6.07) is 9.17. The Labute approximate surface area is 145 Å². The van der Waals surface area contributed by atoms with Crippen molar-refractivity contribution in [2.45, 2.75) is 31.7 Å². The number of carboxylic acids is 1. The molecule has 0 bridgehead atoms. The number of nitrogens with one attached hydrogen (secondary N) is 1. The van der Waals surface area contributed by atoms with Crippen molar-refractivity contribution in [2.75, 3.05) is 18.8 Å². The highest BCUT2D eigenvalue weighted by Gasteiger charge is 2.33. The highest BCUT2D eigenvalue weighted by molar-refractivity contribution is 8.13. The molecule has 2 N–H and O–H groups in total. The van der Waals surface area contributed by atoms with Crippen LogP contribution >= 0.6 is 11.8 Å². The van der Waals surface area contributed by atoms with Crippen LogP contribution < -0.4 is 5.32 Å². The maximum absolute atomic E-state index is 12.1. The number of nitrogens with zero attached hydrogens (tertiary/aromatic N) is 1. The SMILES string of the molecule is O=C(NCCc1ccccc1)SCCC(=O)N1CCC[C@H]1C(=O)O. The molecule has 1 aliphatic heterocycles. The number of hydrogen-bond donors (Lipinski definition) is 2. The molecule has 0 aromatic heterocycles. The zero-order chi connectivity index (χ0) is 17.4. The lowest BCUT2D eigenvalue weighted by molar-refractivity contribution is -0.148. The third-order valence-corrected chi connectivity index (χ3v) is 4.75. The predicted molar refractivity (Wildman–Crippen MR) is 93.0 cm³/mol. The molecule has 0 saturated carbocycles. The fraction of sp³-hybridized carbons (Fsp3) is 0.471. The van der Waals surface area contributed by atoms with Gasteiger partial charge in [-0.25, -0.2) is 4.79 Å². The number of carbonyl (C=O) groups is 3. The van der Waals surface area contributed by atoms with E-state index in [0.717, 1.165) is 30.2 Å². The minimum Gasteiger partial charge on any atom is -0.480 e. The van der Waals surface area contributed by atoms with Crippen molar-refractivity contribution >= 4 is 28.9 Å². The van der Waals surface area contributed by atoms with Gasteiger partial charge in [0.2, 0.25) is 5.91 Å². The molecule has 0 aliphatic carbocycles. The van der Waals surface area contributed by atoms with Crippen molar-refractivity contribution in [3.05, 3.63) is 35.9 Å². The topological polar surface area (TPSA) is 86.7 Å². The molecule has 0 spiro atoms. The predicted octanol–water partition coefficient (Wildman–Crippen LogP) is 2.14. The second kappa shape index (κ2) is 9.32. The summed E-state index contributed by atoms with van der Waals surface area (Å²) in [5.74, 6) is -0.782. The number of carbonyl (C=O) groups excluding carboxylic acids is 2. The van der Waals surface area contributed by atoms with E-state index >= 15 is 0 Å². The smallest absolute Gasteiger partial charge is 0.326 e. The highest BCUT2D eigenvalue weighted by Crippen LogP contribution is 2.19. The molecular formula is C17H22N2O4S. The Bertz CT molecular complexity index is 579. The van der Waals surface area contributed by atoms with Gasteiger partial charge in [0, 0.05) is 25.3 Å². The lowest BCUT2D eigenvalue weighted by Gasteiger charge is -2.21. The van der Waals surface area contributed by atoms with E-state index in [2.05, 4.69) is 5.32 Å². The van der Waals surface area contributed by atoms with E-state index in [1.54, 1.807) is 0 Å². The van der Waals surface area contributed by atoms with Gasteiger partial charge in [0.15, 0.2) is 0 Å². The van der Waals surface area contributed by atoms with Gasteiger partial charge in [-0.2, -0.15) is 0 Å². The summed E-state index contributed by atoms with van der Waals surface area (Å²) in [7, 11) is 0. The monoisotopic (exact) mass is 350 g/mol. The first-order valence-corrected chi connectivity index (χ1v) is 9.03. The number of benzene rings is 1. The first-order chi connectivity index (χ1) is 11.6. The summed E-state index contributed by atoms with van der Waals surface area (Å²) in [5, 5.41) is 11.7. The van der Waals surface area contributed by atoms with Gasteiger partial charge in [0.25, 0.3) is 5.24 Å². The average molecular weight is 350 g/mol. The van der Waals surface area contributed by atoms with Crippen molar-refractivity contribution in [3.63, 3.8) is 0 Å². The summed E-state index contributed by atoms with van der Waals surface area (Å²) < 4.78 is 0. The van der Waals surface area contributed by atoms with Gasteiger partial charge in [-0.15, -0.1) is 0 Å². The second-order valence-corrected chi connectivity index (χ2v) is 6.70. The first kappa shape index (κ1) is 18.3. The number of amides is 2. The van der Waals surface area contributed by atoms with E-state index in [-0.39, 0.29) is 17.6 Å². The van der Waals surface area contributed by atoms with Crippen LogP contribution in [0.4, 0.5) is 4.79 Å². The van der Waals surface area contributed by atoms with Crippen LogP contribution in [0.2, 0.25) is 0 Å². The van der Waals surface area contributed by atoms with Gasteiger partial charge in [0.05, 0.1) is 0 Å². The Morgan fingerprint density at radius 2 is 2.00 bits per heavy atom. The van der Waals surface area contributed by atoms with Crippen molar-refractivity contribution < 1.29 is 19.5 Å². The Hall–Kier alpha value is -2.02. The molecular weight excluding hydrogens is 328 g/mol. The fourth-order valence-corrected chi connectivity index (χ4v) is 3.37. The summed E-state index contributed by atoms with van der Waals surface area (Å²) >= 11 is 1.06. The minimum atomic E-state index is -0.952. The van der Waals surface area contributed by atoms with E-state index in [4.69, 9.17) is 5.11 Å². The molecule has 0 radical (unpaired) electrons. The Kier molecular flexibility index (Phi) is 7.11. The van der Waals surface area contributed by atoms with Gasteiger partial charge in [0.1, 0.15) is 6.04 Å². The lowest BCUT2D eigenvalue weighted by Crippen LogP contribution is -2.40. The Morgan fingerprint density at radius 1 is 1.25 bits per heavy atom. The lowest BCUT2D eigenvalue weighted by atomic mass is 10.2. The molecule has 1 aromatic rings. The van der Waals surface area contributed by atoms with E-state index in [9.17, 15) is 14.4 Å². The van der Waals surface area contributed by atoms with Crippen LogP contribution in [0.1, 0.15) is 24.8 Å². The molecule has 7 heteroatoms. The molecule has 1 fully saturated rings. The van der Waals surface area contributed by atoms with Crippen LogP contribution in [0.15, 0.2) is 30.3 Å². The van der Waals surface area contributed by atoms with Gasteiger partial charge in [-0.1, -0.05) is 42.1 Å². The molecule has 0 unspecified atom stereocenters. The van der Waals surface area contributed by atoms with E-state index in [0.29, 0.717) is 25.3 Å². The van der Waals surface area contributed by atoms with Crippen LogP contribution in [0.25, 0.3) is 0 Å². The van der Waals surface area contributed by atoms with Crippen LogP contribution in [-0.2, 0) is 16.0 Å². The fourth-order valence-electron chi connectivity index (χ4n) is 2.70. The maximum Gasteiger partial charge on any atom is 0.326 e. The third-order valence-electron chi connectivity index (χ3n) is 3.93. The van der Waals surface area contributed by atoms with Gasteiger partial charge in [-0.05, 0) is 24.8 Å². The quantitative estimate of drug-likeness (QED) is 0.787. The summed E-state index contributed by atoms with van der Waals surface area (Å²) in [6.45, 7) is 1.04. The zero-order valence-corrected chi connectivity index (χ0v) is 14.3. The van der Waals surface area contributed by atoms with Gasteiger partial charge < -0.3 is 15.3 Å². The largest absolute Gasteiger partial charge is 0.480 e. The number of carboxylic acid groups (broad SMARTS) is 1. The van der Waals surface area contributed by atoms with Crippen LogP contribution in [-0.4, -0.2) is 52.0 Å². The molecule has 2 rings (SSSR count). The van der Waals surface area contributed by atoms with Crippen molar-refractivity contribution in [1.29, 1.82) is 0 Å². The summed E-state index contributed by atoms with van der Waals surface area (Å²) in [6.07, 6.45) is 2.17. The van der Waals surface area contributed by atoms with E-state index in [1.807, 2.05) is 30.3 Å². The number of likely N-dealkylation sites (tertiary alicyclic amines) is 1. The van der Waals surface area contributed by atoms with Crippen molar-refractivity contribution in [3.8, 4) is 0 Å². The molecule has 24 heavy (non-hydrogen) atoms. The molecule has 1 atom stereocenters. The number of hydrogen-bond acceptors (Lipinski definition) is 4. The molecule has 6 nitrogen and oxygen atoms in total. The van der Waals surface area contributed by atoms with Crippen LogP contribution in [0.3, 0.4) is 0 Å². The Morgan fingerprint density at radius 3 is 2.71 bits per heavy atom. The second-order valence-electron chi connectivity index (χ2n) is 5.63. The summed E-state index contributed by atoms with van der Waals surface area (Å²) in [5.41, 5.74) is 1.16. The molecule has 1 aromatic carbocycles. The minimum absolute atomic E-state index is 0.157. The molecule has 1 heterocycles. The van der Waals surface area contributed by atoms with Gasteiger partial charge in [-0.3, -0.25) is 9.59 Å². The number of thioether (sulfide) groups is 1. The molecule has 1 aliphatic rings. The number of aliphatic carboxylic acids is 1. The zero-order valence-electron chi connectivity index (χ0n) is 13.4. The Balaban J connectivity index is 1.62. The molecule has 130 valence electrons. The van der Waals surface area contributed by atoms with E-state index < -0.39 is 12.0 Å². The maximum atomic E-state index is 12.1. The van der Waals surface area contributed by atoms with Crippen molar-refractivity contribution in [1.82, 2.24) is 10.2 Å². The third kappa shape index (κ3) is 5.56. The summed E-state index contributed by atoms with van der Waals surface area (Å²) in [4.78, 5) is 36.3. The number of rotatable bonds is 7. The van der Waals surface area contributed by atoms with Crippen LogP contribution in [0, 0.1) is 0 Å². The normalized spacial score (nSPS) is 16.8. The van der Waals surface area contributed by atoms with Crippen LogP contribution in [0.5, 0.6) is 0 Å². The highest BCUT2D eigenvalue weighted by atomic mass is 32.2. The average Bonchev–Trinajstić information content (AvgIpc) is 3.06. The first-order valence-electron chi connectivity index (χ1n) is 8.05. The van der Waals surface area contributed by atoms with Gasteiger partial charge >= 0.3 is 5.97 Å². The molecule has 1 saturated heterocycles. The van der Waals surface area contributed by atoms with E-state index in [1.165, 1.54) is 4.90 Å². The van der Waals surface area contributed by atoms with Crippen molar-refractivity contribution in [2.24, 2.45) is 0 Å².